The van der Waals surface area contributed by atoms with Crippen molar-refractivity contribution in [1.82, 2.24) is 14.2 Å². The van der Waals surface area contributed by atoms with Crippen molar-refractivity contribution in [3.05, 3.63) is 72.9 Å². The molecule has 4 rings (SSSR count). The first-order valence-corrected chi connectivity index (χ1v) is 8.89. The number of hydrogen-bond acceptors (Lipinski definition) is 3. The van der Waals surface area contributed by atoms with Crippen molar-refractivity contribution in [3.8, 4) is 0 Å². The zero-order valence-electron chi connectivity index (χ0n) is 14.7. The third-order valence-corrected chi connectivity index (χ3v) is 5.87. The molecule has 0 spiro atoms. The zero-order chi connectivity index (χ0) is 16.7. The van der Waals surface area contributed by atoms with Crippen LogP contribution in [0.15, 0.2) is 72.9 Å². The summed E-state index contributed by atoms with van der Waals surface area (Å²) in [6, 6.07) is 0. The summed E-state index contributed by atoms with van der Waals surface area (Å²) in [7, 11) is 6.83. The van der Waals surface area contributed by atoms with E-state index in [1.807, 2.05) is 0 Å². The average molecular weight is 315 g/mol. The van der Waals surface area contributed by atoms with Crippen LogP contribution >= 0.6 is 0 Å². The van der Waals surface area contributed by atoms with E-state index in [1.165, 1.54) is 0 Å². The molecule has 1 fully saturated rings. The summed E-state index contributed by atoms with van der Waals surface area (Å²) >= 11 is 0. The Balaban J connectivity index is 1.71. The monoisotopic (exact) mass is 315 g/mol. The highest BCUT2D eigenvalue weighted by Crippen LogP contribution is 2.37. The highest BCUT2D eigenvalue weighted by atomic mass is 15.3. The predicted molar refractivity (Wildman–Crippen MR) is 107 cm³/mol. The lowest BCUT2D eigenvalue weighted by Crippen LogP contribution is -2.76. The minimum Gasteiger partial charge on any atom is -0.358 e. The van der Waals surface area contributed by atoms with E-state index in [4.69, 9.17) is 0 Å². The number of hydrogen-bond donors (Lipinski definition) is 0. The molecule has 120 valence electrons. The fourth-order valence-electron chi connectivity index (χ4n) is 4.90. The summed E-state index contributed by atoms with van der Waals surface area (Å²) in [5.41, 5.74) is 0. The Hall–Kier alpha value is -1.49. The summed E-state index contributed by atoms with van der Waals surface area (Å²) in [5, 5.41) is 0. The van der Waals surface area contributed by atoms with Crippen LogP contribution < -0.4 is 0 Å². The predicted octanol–water partition coefficient (Wildman–Crippen LogP) is 2.75. The minimum absolute atomic E-state index is 0.371. The Morgan fingerprint density at radius 1 is 0.458 bits per heavy atom. The van der Waals surface area contributed by atoms with Gasteiger partial charge in [-0.25, -0.2) is 0 Å². The Kier molecular flexibility index (Phi) is 4.29. The van der Waals surface area contributed by atoms with Gasteiger partial charge in [0.15, 0.2) is 0 Å². The third kappa shape index (κ3) is 2.54. The number of allylic oxidation sites excluding steroid dienone is 12. The molecule has 0 saturated carbocycles. The molecule has 0 bridgehead atoms. The van der Waals surface area contributed by atoms with Gasteiger partial charge in [-0.1, -0.05) is 72.9 Å². The van der Waals surface area contributed by atoms with Gasteiger partial charge in [-0.2, -0.15) is 0 Å². The van der Waals surface area contributed by atoms with Gasteiger partial charge in [-0.15, -0.1) is 0 Å². The second-order valence-corrected chi connectivity index (χ2v) is 7.28. The van der Waals surface area contributed by atoms with Crippen LogP contribution in [-0.2, 0) is 0 Å². The van der Waals surface area contributed by atoms with Crippen molar-refractivity contribution < 1.29 is 0 Å². The fraction of sp³-hybridized carbons (Fsp3) is 0.333. The van der Waals surface area contributed by atoms with E-state index in [0.717, 1.165) is 0 Å². The smallest absolute Gasteiger partial charge is 0.301 e. The molecule has 0 atom stereocenters. The Labute approximate surface area is 147 Å². The standard InChI is InChI=1S/C18H24B3N3/c1-22-19(16-10-4-5-11-16)23(2)21(18-14-8-9-15-18)24(3)20(22)17-12-6-7-13-17/h4-18H,1-3H3. The van der Waals surface area contributed by atoms with Gasteiger partial charge in [-0.05, 0) is 21.1 Å². The van der Waals surface area contributed by atoms with E-state index >= 15 is 0 Å². The molecular weight excluding hydrogens is 291 g/mol. The van der Waals surface area contributed by atoms with E-state index in [2.05, 4.69) is 108 Å². The second-order valence-electron chi connectivity index (χ2n) is 7.28. The fourth-order valence-corrected chi connectivity index (χ4v) is 4.90. The topological polar surface area (TPSA) is 9.72 Å². The van der Waals surface area contributed by atoms with Gasteiger partial charge < -0.3 is 14.2 Å². The van der Waals surface area contributed by atoms with Gasteiger partial charge >= 0.3 is 20.9 Å². The maximum atomic E-state index is 2.55. The molecule has 0 aromatic rings. The summed E-state index contributed by atoms with van der Waals surface area (Å²) in [5.74, 6) is 1.34. The lowest BCUT2D eigenvalue weighted by molar-refractivity contribution is 0.517. The molecule has 6 heteroatoms. The van der Waals surface area contributed by atoms with Crippen molar-refractivity contribution in [1.29, 1.82) is 0 Å². The highest BCUT2D eigenvalue weighted by Gasteiger charge is 2.53. The summed E-state index contributed by atoms with van der Waals surface area (Å²) in [6.45, 7) is 1.11. The first-order valence-electron chi connectivity index (χ1n) is 8.89. The average Bonchev–Trinajstić information content (AvgIpc) is 3.31. The minimum atomic E-state index is 0.371. The maximum absolute atomic E-state index is 2.55. The normalized spacial score (nSPS) is 26.4. The van der Waals surface area contributed by atoms with Crippen LogP contribution in [0, 0.1) is 0 Å². The molecule has 24 heavy (non-hydrogen) atoms. The van der Waals surface area contributed by atoms with Crippen molar-refractivity contribution >= 4 is 20.9 Å². The van der Waals surface area contributed by atoms with Gasteiger partial charge in [0, 0.05) is 17.5 Å². The highest BCUT2D eigenvalue weighted by molar-refractivity contribution is 6.88. The van der Waals surface area contributed by atoms with Crippen molar-refractivity contribution in [2.24, 2.45) is 0 Å². The molecule has 0 unspecified atom stereocenters. The first kappa shape index (κ1) is 16.0. The molecule has 0 radical (unpaired) electrons. The molecule has 0 aromatic carbocycles. The van der Waals surface area contributed by atoms with Crippen LogP contribution in [0.25, 0.3) is 0 Å². The summed E-state index contributed by atoms with van der Waals surface area (Å²) < 4.78 is 7.65. The summed E-state index contributed by atoms with van der Waals surface area (Å²) in [4.78, 5) is 0. The molecule has 0 amide bonds. The lowest BCUT2D eigenvalue weighted by Gasteiger charge is -2.54. The molecule has 0 N–H and O–H groups in total. The van der Waals surface area contributed by atoms with Crippen molar-refractivity contribution in [2.45, 2.75) is 17.5 Å². The van der Waals surface area contributed by atoms with E-state index in [0.29, 0.717) is 38.4 Å². The molecule has 1 saturated heterocycles. The largest absolute Gasteiger partial charge is 0.358 e. The third-order valence-electron chi connectivity index (χ3n) is 5.87. The second kappa shape index (κ2) is 6.43. The molecule has 1 heterocycles. The van der Waals surface area contributed by atoms with Crippen molar-refractivity contribution in [2.75, 3.05) is 21.1 Å². The molecule has 3 nitrogen and oxygen atoms in total. The van der Waals surface area contributed by atoms with Crippen LogP contribution in [-0.4, -0.2) is 56.3 Å². The maximum Gasteiger partial charge on any atom is 0.301 e. The number of rotatable bonds is 3. The van der Waals surface area contributed by atoms with E-state index < -0.39 is 0 Å². The van der Waals surface area contributed by atoms with Crippen LogP contribution in [0.2, 0.25) is 17.5 Å². The SMILES string of the molecule is CN1B(C2C=CC=C2)N(C)B(C2C=CC=C2)N(C)B1C1C=CC=C1. The molecule has 1 aliphatic heterocycles. The van der Waals surface area contributed by atoms with Crippen LogP contribution in [0.5, 0.6) is 0 Å². The zero-order valence-corrected chi connectivity index (χ0v) is 14.7. The Morgan fingerprint density at radius 2 is 0.667 bits per heavy atom. The van der Waals surface area contributed by atoms with Gasteiger partial charge in [0.2, 0.25) is 0 Å². The quantitative estimate of drug-likeness (QED) is 0.742. The van der Waals surface area contributed by atoms with Gasteiger partial charge in [0.25, 0.3) is 0 Å². The van der Waals surface area contributed by atoms with E-state index in [9.17, 15) is 0 Å². The molecular formula is C18H24B3N3. The summed E-state index contributed by atoms with van der Waals surface area (Å²) in [6.07, 6.45) is 27.1. The Morgan fingerprint density at radius 3 is 0.875 bits per heavy atom. The van der Waals surface area contributed by atoms with E-state index in [-0.39, 0.29) is 0 Å². The lowest BCUT2D eigenvalue weighted by atomic mass is 9.35. The molecule has 0 aromatic heterocycles. The van der Waals surface area contributed by atoms with Crippen molar-refractivity contribution in [3.63, 3.8) is 0 Å². The Bertz CT molecular complexity index is 528. The molecule has 3 aliphatic carbocycles. The van der Waals surface area contributed by atoms with Gasteiger partial charge in [0.1, 0.15) is 0 Å². The van der Waals surface area contributed by atoms with Gasteiger partial charge in [-0.3, -0.25) is 0 Å². The van der Waals surface area contributed by atoms with Crippen LogP contribution in [0.4, 0.5) is 0 Å². The van der Waals surface area contributed by atoms with Crippen LogP contribution in [0.1, 0.15) is 0 Å². The van der Waals surface area contributed by atoms with E-state index in [1.54, 1.807) is 0 Å². The van der Waals surface area contributed by atoms with Crippen LogP contribution in [0.3, 0.4) is 0 Å². The first-order chi connectivity index (χ1) is 11.7. The number of nitrogens with zero attached hydrogens (tertiary/aromatic N) is 3. The molecule has 4 aliphatic rings. The van der Waals surface area contributed by atoms with Gasteiger partial charge in [0.05, 0.1) is 0 Å².